The lowest BCUT2D eigenvalue weighted by molar-refractivity contribution is 0.274. The van der Waals surface area contributed by atoms with E-state index in [9.17, 15) is 12.8 Å². The maximum atomic E-state index is 14.2. The fourth-order valence-electron chi connectivity index (χ4n) is 2.34. The van der Waals surface area contributed by atoms with E-state index in [0.717, 1.165) is 31.7 Å². The molecule has 0 bridgehead atoms. The van der Waals surface area contributed by atoms with Gasteiger partial charge in [-0.15, -0.1) is 0 Å². The second-order valence-electron chi connectivity index (χ2n) is 4.85. The number of halogens is 2. The van der Waals surface area contributed by atoms with Gasteiger partial charge in [0, 0.05) is 23.7 Å². The summed E-state index contributed by atoms with van der Waals surface area (Å²) < 4.78 is 40.5. The molecule has 0 unspecified atom stereocenters. The van der Waals surface area contributed by atoms with Crippen molar-refractivity contribution in [3.63, 3.8) is 0 Å². The summed E-state index contributed by atoms with van der Waals surface area (Å²) in [6.45, 7) is 0.195. The molecule has 4 nitrogen and oxygen atoms in total. The third-order valence-corrected chi connectivity index (χ3v) is 5.55. The van der Waals surface area contributed by atoms with Crippen molar-refractivity contribution in [1.29, 1.82) is 0 Å². The maximum absolute atomic E-state index is 14.2. The Hall–Kier alpha value is -0.690. The Kier molecular flexibility index (Phi) is 5.01. The van der Waals surface area contributed by atoms with E-state index in [1.165, 1.54) is 10.4 Å². The van der Waals surface area contributed by atoms with Gasteiger partial charge in [0.1, 0.15) is 10.7 Å². The highest BCUT2D eigenvalue weighted by atomic mass is 35.5. The number of hydrogen-bond acceptors (Lipinski definition) is 3. The first-order valence-corrected chi connectivity index (χ1v) is 8.37. The van der Waals surface area contributed by atoms with Gasteiger partial charge in [-0.2, -0.15) is 4.31 Å². The fourth-order valence-corrected chi connectivity index (χ4v) is 4.30. The summed E-state index contributed by atoms with van der Waals surface area (Å²) in [5.41, 5.74) is -0.106. The van der Waals surface area contributed by atoms with E-state index in [0.29, 0.717) is 13.1 Å². The van der Waals surface area contributed by atoms with Gasteiger partial charge >= 0.3 is 0 Å². The Morgan fingerprint density at radius 2 is 1.80 bits per heavy atom. The molecule has 1 saturated heterocycles. The van der Waals surface area contributed by atoms with E-state index in [1.54, 1.807) is 0 Å². The lowest BCUT2D eigenvalue weighted by atomic mass is 10.2. The molecule has 1 aromatic rings. The van der Waals surface area contributed by atoms with Crippen LogP contribution < -0.4 is 0 Å². The monoisotopic (exact) mass is 321 g/mol. The first kappa shape index (κ1) is 15.7. The summed E-state index contributed by atoms with van der Waals surface area (Å²) >= 11 is 5.82. The third-order valence-electron chi connectivity index (χ3n) is 3.43. The molecule has 1 aromatic carbocycles. The number of aliphatic hydroxyl groups is 1. The number of nitrogens with zero attached hydrogens (tertiary/aromatic N) is 1. The molecule has 112 valence electrons. The smallest absolute Gasteiger partial charge is 0.246 e. The van der Waals surface area contributed by atoms with Gasteiger partial charge in [0.25, 0.3) is 0 Å². The highest BCUT2D eigenvalue weighted by Crippen LogP contribution is 2.27. The van der Waals surface area contributed by atoms with Gasteiger partial charge in [-0.25, -0.2) is 12.8 Å². The van der Waals surface area contributed by atoms with Crippen molar-refractivity contribution in [2.75, 3.05) is 13.1 Å². The van der Waals surface area contributed by atoms with Crippen molar-refractivity contribution in [3.05, 3.63) is 28.5 Å². The summed E-state index contributed by atoms with van der Waals surface area (Å²) in [5.74, 6) is -0.916. The summed E-state index contributed by atoms with van der Waals surface area (Å²) in [4.78, 5) is -0.448. The van der Waals surface area contributed by atoms with E-state index >= 15 is 0 Å². The number of sulfonamides is 1. The molecule has 1 N–H and O–H groups in total. The van der Waals surface area contributed by atoms with E-state index in [2.05, 4.69) is 0 Å². The van der Waals surface area contributed by atoms with Gasteiger partial charge < -0.3 is 5.11 Å². The highest BCUT2D eigenvalue weighted by molar-refractivity contribution is 7.89. The average molecular weight is 322 g/mol. The number of benzene rings is 1. The minimum absolute atomic E-state index is 0.101. The molecule has 1 heterocycles. The molecule has 2 rings (SSSR count). The van der Waals surface area contributed by atoms with Crippen LogP contribution in [0.4, 0.5) is 4.39 Å². The van der Waals surface area contributed by atoms with Crippen LogP contribution in [-0.2, 0) is 16.6 Å². The van der Waals surface area contributed by atoms with Crippen LogP contribution in [0.2, 0.25) is 5.02 Å². The Balaban J connectivity index is 2.45. The average Bonchev–Trinajstić information content (AvgIpc) is 2.70. The Morgan fingerprint density at radius 3 is 2.35 bits per heavy atom. The molecule has 1 fully saturated rings. The topological polar surface area (TPSA) is 57.6 Å². The lowest BCUT2D eigenvalue weighted by Gasteiger charge is -2.21. The zero-order chi connectivity index (χ0) is 14.8. The summed E-state index contributed by atoms with van der Waals surface area (Å²) in [5, 5.41) is 9.18. The van der Waals surface area contributed by atoms with Crippen LogP contribution in [0.25, 0.3) is 0 Å². The van der Waals surface area contributed by atoms with Crippen LogP contribution in [0, 0.1) is 5.82 Å². The summed E-state index contributed by atoms with van der Waals surface area (Å²) in [6, 6.07) is 2.34. The van der Waals surface area contributed by atoms with Gasteiger partial charge in [0.15, 0.2) is 0 Å². The molecule has 1 aliphatic heterocycles. The quantitative estimate of drug-likeness (QED) is 0.930. The van der Waals surface area contributed by atoms with E-state index in [-0.39, 0.29) is 10.6 Å². The van der Waals surface area contributed by atoms with Gasteiger partial charge in [-0.05, 0) is 25.0 Å². The molecule has 1 aliphatic rings. The molecular weight excluding hydrogens is 305 g/mol. The molecular formula is C13H17ClFNO3S. The van der Waals surface area contributed by atoms with Crippen molar-refractivity contribution in [3.8, 4) is 0 Å². The normalized spacial score (nSPS) is 17.9. The number of aliphatic hydroxyl groups excluding tert-OH is 1. The van der Waals surface area contributed by atoms with Crippen molar-refractivity contribution < 1.29 is 17.9 Å². The largest absolute Gasteiger partial charge is 0.392 e. The first-order valence-electron chi connectivity index (χ1n) is 6.55. The third kappa shape index (κ3) is 3.14. The van der Waals surface area contributed by atoms with Crippen molar-refractivity contribution in [2.45, 2.75) is 37.2 Å². The Bertz CT molecular complexity index is 584. The first-order chi connectivity index (χ1) is 9.46. The molecule has 0 spiro atoms. The van der Waals surface area contributed by atoms with Crippen LogP contribution in [0.15, 0.2) is 17.0 Å². The van der Waals surface area contributed by atoms with Crippen molar-refractivity contribution in [2.24, 2.45) is 0 Å². The molecule has 0 radical (unpaired) electrons. The molecule has 20 heavy (non-hydrogen) atoms. The van der Waals surface area contributed by atoms with Crippen LogP contribution in [0.5, 0.6) is 0 Å². The molecule has 0 amide bonds. The molecule has 0 aliphatic carbocycles. The number of hydrogen-bond donors (Lipinski definition) is 1. The molecule has 0 aromatic heterocycles. The van der Waals surface area contributed by atoms with E-state index in [4.69, 9.17) is 16.7 Å². The van der Waals surface area contributed by atoms with Gasteiger partial charge in [0.05, 0.1) is 6.61 Å². The van der Waals surface area contributed by atoms with Gasteiger partial charge in [-0.1, -0.05) is 24.4 Å². The van der Waals surface area contributed by atoms with Crippen LogP contribution in [-0.4, -0.2) is 30.9 Å². The highest BCUT2D eigenvalue weighted by Gasteiger charge is 2.29. The Labute approximate surface area is 123 Å². The Morgan fingerprint density at radius 1 is 1.20 bits per heavy atom. The molecule has 7 heteroatoms. The van der Waals surface area contributed by atoms with E-state index in [1.807, 2.05) is 0 Å². The zero-order valence-electron chi connectivity index (χ0n) is 11.0. The predicted molar refractivity (Wildman–Crippen MR) is 74.6 cm³/mol. The van der Waals surface area contributed by atoms with Crippen LogP contribution >= 0.6 is 11.6 Å². The predicted octanol–water partition coefficient (Wildman–Crippen LogP) is 2.54. The minimum Gasteiger partial charge on any atom is -0.392 e. The summed E-state index contributed by atoms with van der Waals surface area (Å²) in [7, 11) is -3.91. The minimum atomic E-state index is -3.91. The number of rotatable bonds is 3. The standard InChI is InChI=1S/C13H17ClFNO3S/c14-11-7-10(9-17)13(15)12(8-11)20(18,19)16-5-3-1-2-4-6-16/h7-8,17H,1-6,9H2. The fraction of sp³-hybridized carbons (Fsp3) is 0.538. The van der Waals surface area contributed by atoms with Crippen LogP contribution in [0.3, 0.4) is 0 Å². The van der Waals surface area contributed by atoms with Crippen molar-refractivity contribution in [1.82, 2.24) is 4.31 Å². The van der Waals surface area contributed by atoms with Crippen LogP contribution in [0.1, 0.15) is 31.2 Å². The van der Waals surface area contributed by atoms with Gasteiger partial charge in [-0.3, -0.25) is 0 Å². The zero-order valence-corrected chi connectivity index (χ0v) is 12.6. The molecule has 0 saturated carbocycles. The molecule has 0 atom stereocenters. The lowest BCUT2D eigenvalue weighted by Crippen LogP contribution is -2.32. The summed E-state index contributed by atoms with van der Waals surface area (Å²) in [6.07, 6.45) is 3.50. The van der Waals surface area contributed by atoms with Gasteiger partial charge in [0.2, 0.25) is 10.0 Å². The van der Waals surface area contributed by atoms with E-state index < -0.39 is 27.3 Å². The second kappa shape index (κ2) is 6.39. The second-order valence-corrected chi connectivity index (χ2v) is 7.20. The SMILES string of the molecule is O=S(=O)(c1cc(Cl)cc(CO)c1F)N1CCCCCC1. The van der Waals surface area contributed by atoms with Crippen molar-refractivity contribution >= 4 is 21.6 Å². The maximum Gasteiger partial charge on any atom is 0.246 e.